The standard InChI is InChI=1S/C24H27NO2S2/c1-27-23(26)25-17-14-22(29-20-11-6-3-7-12-20)24(15-8-13-21(24)25)16-18-28-19-9-4-2-5-10-19/h2-7,9-13,22H,8,14-18H2,1H3/t22-,24-/m1/s1. The van der Waals surface area contributed by atoms with Gasteiger partial charge >= 0.3 is 6.09 Å². The van der Waals surface area contributed by atoms with E-state index < -0.39 is 0 Å². The largest absolute Gasteiger partial charge is 0.452 e. The second kappa shape index (κ2) is 9.31. The summed E-state index contributed by atoms with van der Waals surface area (Å²) in [6.45, 7) is 0.733. The van der Waals surface area contributed by atoms with Crippen LogP contribution >= 0.6 is 23.5 Å². The highest BCUT2D eigenvalue weighted by atomic mass is 32.2. The van der Waals surface area contributed by atoms with Crippen molar-refractivity contribution < 1.29 is 9.53 Å². The minimum atomic E-state index is -0.221. The number of hydrogen-bond acceptors (Lipinski definition) is 4. The van der Waals surface area contributed by atoms with Crippen LogP contribution in [0.1, 0.15) is 25.7 Å². The predicted molar refractivity (Wildman–Crippen MR) is 121 cm³/mol. The zero-order valence-electron chi connectivity index (χ0n) is 16.8. The van der Waals surface area contributed by atoms with Crippen LogP contribution in [0.2, 0.25) is 0 Å². The highest BCUT2D eigenvalue weighted by Gasteiger charge is 2.50. The maximum absolute atomic E-state index is 12.5. The van der Waals surface area contributed by atoms with Crippen LogP contribution in [0.15, 0.2) is 82.2 Å². The van der Waals surface area contributed by atoms with E-state index in [-0.39, 0.29) is 11.5 Å². The van der Waals surface area contributed by atoms with Crippen LogP contribution in [0, 0.1) is 5.41 Å². The molecule has 2 aromatic carbocycles. The fraction of sp³-hybridized carbons (Fsp3) is 0.375. The van der Waals surface area contributed by atoms with Crippen molar-refractivity contribution in [3.63, 3.8) is 0 Å². The fourth-order valence-corrected chi connectivity index (χ4v) is 7.06. The van der Waals surface area contributed by atoms with Crippen molar-refractivity contribution in [1.82, 2.24) is 4.90 Å². The minimum Gasteiger partial charge on any atom is -0.452 e. The van der Waals surface area contributed by atoms with Crippen molar-refractivity contribution in [1.29, 1.82) is 0 Å². The van der Waals surface area contributed by atoms with Crippen LogP contribution in [0.3, 0.4) is 0 Å². The average molecular weight is 426 g/mol. The molecular weight excluding hydrogens is 398 g/mol. The summed E-state index contributed by atoms with van der Waals surface area (Å²) in [6.07, 6.45) is 6.25. The molecule has 1 heterocycles. The molecule has 0 aromatic heterocycles. The number of fused-ring (bicyclic) bond motifs is 1. The molecule has 2 aliphatic rings. The molecule has 2 aromatic rings. The molecule has 3 nitrogen and oxygen atoms in total. The van der Waals surface area contributed by atoms with E-state index in [1.165, 1.54) is 22.6 Å². The van der Waals surface area contributed by atoms with Crippen LogP contribution in [0.5, 0.6) is 0 Å². The van der Waals surface area contributed by atoms with Crippen molar-refractivity contribution in [2.75, 3.05) is 19.4 Å². The molecular formula is C24H27NO2S2. The van der Waals surface area contributed by atoms with Gasteiger partial charge in [-0.25, -0.2) is 4.79 Å². The fourth-order valence-electron chi connectivity index (χ4n) is 4.56. The number of allylic oxidation sites excluding steroid dienone is 2. The van der Waals surface area contributed by atoms with Crippen LogP contribution in [-0.4, -0.2) is 35.7 Å². The molecule has 0 unspecified atom stereocenters. The number of methoxy groups -OCH3 is 1. The van der Waals surface area contributed by atoms with Gasteiger partial charge in [-0.1, -0.05) is 42.5 Å². The maximum atomic E-state index is 12.5. The molecule has 1 fully saturated rings. The highest BCUT2D eigenvalue weighted by Crippen LogP contribution is 2.56. The zero-order chi connectivity index (χ0) is 20.1. The molecule has 29 heavy (non-hydrogen) atoms. The molecule has 5 heteroatoms. The first-order valence-corrected chi connectivity index (χ1v) is 12.1. The summed E-state index contributed by atoms with van der Waals surface area (Å²) in [5.41, 5.74) is 1.21. The summed E-state index contributed by atoms with van der Waals surface area (Å²) in [5, 5.41) is 0.468. The van der Waals surface area contributed by atoms with Crippen molar-refractivity contribution >= 4 is 29.6 Å². The van der Waals surface area contributed by atoms with Gasteiger partial charge < -0.3 is 4.74 Å². The topological polar surface area (TPSA) is 29.5 Å². The molecule has 1 amide bonds. The number of carbonyl (C=O) groups excluding carboxylic acids is 1. The van der Waals surface area contributed by atoms with E-state index in [1.807, 2.05) is 28.4 Å². The Kier molecular flexibility index (Phi) is 6.56. The zero-order valence-corrected chi connectivity index (χ0v) is 18.4. The van der Waals surface area contributed by atoms with E-state index in [1.54, 1.807) is 0 Å². The molecule has 0 bridgehead atoms. The van der Waals surface area contributed by atoms with Gasteiger partial charge in [0, 0.05) is 32.7 Å². The molecule has 4 rings (SSSR count). The van der Waals surface area contributed by atoms with E-state index in [9.17, 15) is 4.79 Å². The Morgan fingerprint density at radius 3 is 2.48 bits per heavy atom. The lowest BCUT2D eigenvalue weighted by Gasteiger charge is -2.47. The van der Waals surface area contributed by atoms with Gasteiger partial charge in [0.15, 0.2) is 0 Å². The molecule has 1 aliphatic carbocycles. The third-order valence-corrected chi connectivity index (χ3v) is 8.47. The second-order valence-electron chi connectivity index (χ2n) is 7.53. The van der Waals surface area contributed by atoms with Crippen molar-refractivity contribution in [3.8, 4) is 0 Å². The number of ether oxygens (including phenoxy) is 1. The summed E-state index contributed by atoms with van der Waals surface area (Å²) in [4.78, 5) is 17.0. The monoisotopic (exact) mass is 425 g/mol. The van der Waals surface area contributed by atoms with Gasteiger partial charge in [0.25, 0.3) is 0 Å². The molecule has 0 saturated carbocycles. The first-order chi connectivity index (χ1) is 14.2. The summed E-state index contributed by atoms with van der Waals surface area (Å²) >= 11 is 3.89. The molecule has 0 N–H and O–H groups in total. The Morgan fingerprint density at radius 1 is 1.10 bits per heavy atom. The number of amides is 1. The van der Waals surface area contributed by atoms with E-state index >= 15 is 0 Å². The summed E-state index contributed by atoms with van der Waals surface area (Å²) in [5.74, 6) is 1.04. The number of benzene rings is 2. The lowest BCUT2D eigenvalue weighted by molar-refractivity contribution is 0.106. The van der Waals surface area contributed by atoms with E-state index in [0.717, 1.165) is 38.0 Å². The third kappa shape index (κ3) is 4.36. The Morgan fingerprint density at radius 2 is 1.79 bits per heavy atom. The molecule has 1 saturated heterocycles. The summed E-state index contributed by atoms with van der Waals surface area (Å²) in [7, 11) is 1.48. The lowest BCUT2D eigenvalue weighted by Crippen LogP contribution is -2.49. The molecule has 0 radical (unpaired) electrons. The van der Waals surface area contributed by atoms with Crippen LogP contribution < -0.4 is 0 Å². The van der Waals surface area contributed by atoms with Gasteiger partial charge in [0.05, 0.1) is 7.11 Å². The van der Waals surface area contributed by atoms with E-state index in [2.05, 4.69) is 66.7 Å². The Labute approximate surface area is 181 Å². The first kappa shape index (κ1) is 20.4. The second-order valence-corrected chi connectivity index (χ2v) is 9.97. The van der Waals surface area contributed by atoms with Crippen LogP contribution in [-0.2, 0) is 4.74 Å². The van der Waals surface area contributed by atoms with Gasteiger partial charge in [-0.2, -0.15) is 0 Å². The van der Waals surface area contributed by atoms with Crippen LogP contribution in [0.4, 0.5) is 4.79 Å². The number of likely N-dealkylation sites (tertiary alicyclic amines) is 1. The normalized spacial score (nSPS) is 23.4. The van der Waals surface area contributed by atoms with E-state index in [0.29, 0.717) is 5.25 Å². The first-order valence-electron chi connectivity index (χ1n) is 10.2. The number of rotatable bonds is 6. The Balaban J connectivity index is 1.57. The Hall–Kier alpha value is -1.85. The van der Waals surface area contributed by atoms with Gasteiger partial charge in [0.2, 0.25) is 0 Å². The number of hydrogen-bond donors (Lipinski definition) is 0. The summed E-state index contributed by atoms with van der Waals surface area (Å²) in [6, 6.07) is 21.3. The molecule has 2 atom stereocenters. The maximum Gasteiger partial charge on any atom is 0.413 e. The van der Waals surface area contributed by atoms with Crippen molar-refractivity contribution in [2.24, 2.45) is 5.41 Å². The number of nitrogens with zero attached hydrogens (tertiary/aromatic N) is 1. The smallest absolute Gasteiger partial charge is 0.413 e. The molecule has 1 aliphatic heterocycles. The van der Waals surface area contributed by atoms with Gasteiger partial charge in [-0.3, -0.25) is 4.90 Å². The highest BCUT2D eigenvalue weighted by molar-refractivity contribution is 8.00. The van der Waals surface area contributed by atoms with Gasteiger partial charge in [-0.15, -0.1) is 23.5 Å². The van der Waals surface area contributed by atoms with Gasteiger partial charge in [-0.05, 0) is 55.7 Å². The Bertz CT molecular complexity index is 856. The molecule has 152 valence electrons. The number of carbonyl (C=O) groups is 1. The number of piperidine rings is 1. The molecule has 0 spiro atoms. The third-order valence-electron chi connectivity index (χ3n) is 5.94. The number of thioether (sulfide) groups is 2. The van der Waals surface area contributed by atoms with Gasteiger partial charge in [0.1, 0.15) is 0 Å². The minimum absolute atomic E-state index is 0.0225. The van der Waals surface area contributed by atoms with Crippen molar-refractivity contribution in [3.05, 3.63) is 72.4 Å². The lowest BCUT2D eigenvalue weighted by atomic mass is 9.74. The van der Waals surface area contributed by atoms with Crippen LogP contribution in [0.25, 0.3) is 0 Å². The van der Waals surface area contributed by atoms with E-state index in [4.69, 9.17) is 4.74 Å². The SMILES string of the molecule is COC(=O)N1CC[C@@H](Sc2ccccc2)[C@@]2(CCSc3ccccc3)CCC=C12. The summed E-state index contributed by atoms with van der Waals surface area (Å²) < 4.78 is 5.10. The quantitative estimate of drug-likeness (QED) is 0.496. The predicted octanol–water partition coefficient (Wildman–Crippen LogP) is 6.47. The van der Waals surface area contributed by atoms with Crippen molar-refractivity contribution in [2.45, 2.75) is 40.7 Å². The average Bonchev–Trinajstić information content (AvgIpc) is 3.20.